The van der Waals surface area contributed by atoms with E-state index in [2.05, 4.69) is 5.32 Å². The summed E-state index contributed by atoms with van der Waals surface area (Å²) in [6.45, 7) is 1.46. The minimum absolute atomic E-state index is 0.0151. The number of thioether (sulfide) groups is 1. The standard InChI is InChI=1S/C15H20ClNO4S/c1-10(18)22-9-7-13(19)15(21)11-2-4-12(5-3-11)17-14(20)6-8-16/h2-5,13,15,19,21H,6-9H2,1H3,(H,17,20). The maximum Gasteiger partial charge on any atom is 0.225 e. The second kappa shape index (κ2) is 9.84. The van der Waals surface area contributed by atoms with Crippen molar-refractivity contribution >= 4 is 40.1 Å². The fourth-order valence-electron chi connectivity index (χ4n) is 1.78. The molecule has 0 spiro atoms. The lowest BCUT2D eigenvalue weighted by Gasteiger charge is -2.18. The fraction of sp³-hybridized carbons (Fsp3) is 0.467. The van der Waals surface area contributed by atoms with Gasteiger partial charge in [-0.05, 0) is 24.1 Å². The van der Waals surface area contributed by atoms with Crippen LogP contribution in [0.3, 0.4) is 0 Å². The summed E-state index contributed by atoms with van der Waals surface area (Å²) in [6.07, 6.45) is -1.42. The van der Waals surface area contributed by atoms with Crippen molar-refractivity contribution in [1.82, 2.24) is 0 Å². The molecule has 0 saturated carbocycles. The number of halogens is 1. The van der Waals surface area contributed by atoms with Gasteiger partial charge in [0.05, 0.1) is 6.10 Å². The summed E-state index contributed by atoms with van der Waals surface area (Å²) in [5.41, 5.74) is 1.16. The molecular weight excluding hydrogens is 326 g/mol. The summed E-state index contributed by atoms with van der Waals surface area (Å²) in [5.74, 6) is 0.539. The molecule has 1 aromatic rings. The van der Waals surface area contributed by atoms with Crippen molar-refractivity contribution in [3.63, 3.8) is 0 Å². The number of aliphatic hydroxyl groups excluding tert-OH is 2. The number of carbonyl (C=O) groups excluding carboxylic acids is 2. The van der Waals surface area contributed by atoms with Crippen LogP contribution in [-0.2, 0) is 9.59 Å². The van der Waals surface area contributed by atoms with Gasteiger partial charge in [-0.3, -0.25) is 9.59 Å². The highest BCUT2D eigenvalue weighted by Crippen LogP contribution is 2.22. The van der Waals surface area contributed by atoms with Gasteiger partial charge in [0.2, 0.25) is 5.91 Å². The van der Waals surface area contributed by atoms with Crippen molar-refractivity contribution in [2.24, 2.45) is 0 Å². The number of hydrogen-bond donors (Lipinski definition) is 3. The van der Waals surface area contributed by atoms with Gasteiger partial charge < -0.3 is 15.5 Å². The van der Waals surface area contributed by atoms with Crippen LogP contribution in [0, 0.1) is 0 Å². The maximum absolute atomic E-state index is 11.4. The van der Waals surface area contributed by atoms with Gasteiger partial charge in [-0.25, -0.2) is 0 Å². The Hall–Kier alpha value is -1.08. The van der Waals surface area contributed by atoms with E-state index in [1.807, 2.05) is 0 Å². The van der Waals surface area contributed by atoms with Crippen molar-refractivity contribution in [1.29, 1.82) is 0 Å². The summed E-state index contributed by atoms with van der Waals surface area (Å²) >= 11 is 6.60. The fourth-order valence-corrected chi connectivity index (χ4v) is 2.59. The van der Waals surface area contributed by atoms with Crippen molar-refractivity contribution < 1.29 is 19.8 Å². The minimum atomic E-state index is -1.03. The molecule has 7 heteroatoms. The van der Waals surface area contributed by atoms with E-state index in [1.165, 1.54) is 6.92 Å². The monoisotopic (exact) mass is 345 g/mol. The average Bonchev–Trinajstić information content (AvgIpc) is 2.47. The van der Waals surface area contributed by atoms with Crippen LogP contribution in [0.4, 0.5) is 5.69 Å². The molecule has 1 amide bonds. The number of hydrogen-bond acceptors (Lipinski definition) is 5. The van der Waals surface area contributed by atoms with E-state index in [4.69, 9.17) is 11.6 Å². The Balaban J connectivity index is 2.53. The minimum Gasteiger partial charge on any atom is -0.390 e. The van der Waals surface area contributed by atoms with Crippen molar-refractivity contribution in [3.8, 4) is 0 Å². The third kappa shape index (κ3) is 6.79. The Labute approximate surface area is 139 Å². The first-order valence-electron chi connectivity index (χ1n) is 6.89. The molecule has 0 fully saturated rings. The van der Waals surface area contributed by atoms with E-state index in [-0.39, 0.29) is 23.3 Å². The largest absolute Gasteiger partial charge is 0.390 e. The Morgan fingerprint density at radius 3 is 2.45 bits per heavy atom. The van der Waals surface area contributed by atoms with Gasteiger partial charge in [0.25, 0.3) is 0 Å². The van der Waals surface area contributed by atoms with E-state index in [0.717, 1.165) is 11.8 Å². The first kappa shape index (κ1) is 19.0. The van der Waals surface area contributed by atoms with Crippen LogP contribution < -0.4 is 5.32 Å². The number of rotatable bonds is 8. The molecule has 122 valence electrons. The Bertz CT molecular complexity index is 495. The summed E-state index contributed by atoms with van der Waals surface area (Å²) in [7, 11) is 0. The highest BCUT2D eigenvalue weighted by atomic mass is 35.5. The van der Waals surface area contributed by atoms with Crippen LogP contribution in [0.1, 0.15) is 31.4 Å². The van der Waals surface area contributed by atoms with Crippen molar-refractivity contribution in [3.05, 3.63) is 29.8 Å². The Kier molecular flexibility index (Phi) is 8.48. The predicted octanol–water partition coefficient (Wildman–Crippen LogP) is 2.32. The molecule has 2 unspecified atom stereocenters. The molecule has 1 aromatic carbocycles. The molecule has 0 radical (unpaired) electrons. The third-order valence-electron chi connectivity index (χ3n) is 2.94. The molecule has 0 aliphatic heterocycles. The summed E-state index contributed by atoms with van der Waals surface area (Å²) < 4.78 is 0. The maximum atomic E-state index is 11.4. The van der Waals surface area contributed by atoms with Crippen LogP contribution >= 0.6 is 23.4 Å². The SMILES string of the molecule is CC(=O)SCCC(O)C(O)c1ccc(NC(=O)CCCl)cc1. The molecule has 0 bridgehead atoms. The van der Waals surface area contributed by atoms with E-state index in [9.17, 15) is 19.8 Å². The van der Waals surface area contributed by atoms with E-state index >= 15 is 0 Å². The molecule has 0 heterocycles. The second-order valence-electron chi connectivity index (χ2n) is 4.75. The first-order chi connectivity index (χ1) is 10.4. The molecule has 3 N–H and O–H groups in total. The van der Waals surface area contributed by atoms with E-state index in [0.29, 0.717) is 23.4 Å². The first-order valence-corrected chi connectivity index (χ1v) is 8.41. The average molecular weight is 346 g/mol. The molecule has 1 rings (SSSR count). The third-order valence-corrected chi connectivity index (χ3v) is 3.98. The van der Waals surface area contributed by atoms with E-state index in [1.54, 1.807) is 24.3 Å². The molecule has 0 aliphatic carbocycles. The van der Waals surface area contributed by atoms with Crippen LogP contribution in [0.5, 0.6) is 0 Å². The van der Waals surface area contributed by atoms with Crippen molar-refractivity contribution in [2.75, 3.05) is 16.9 Å². The normalized spacial score (nSPS) is 13.5. The number of nitrogens with one attached hydrogen (secondary N) is 1. The van der Waals surface area contributed by atoms with Gasteiger partial charge in [0.1, 0.15) is 6.10 Å². The molecular formula is C15H20ClNO4S. The number of amides is 1. The molecule has 22 heavy (non-hydrogen) atoms. The van der Waals surface area contributed by atoms with Crippen LogP contribution in [0.2, 0.25) is 0 Å². The zero-order valence-electron chi connectivity index (χ0n) is 12.3. The van der Waals surface area contributed by atoms with Crippen LogP contribution in [0.25, 0.3) is 0 Å². The Morgan fingerprint density at radius 1 is 1.27 bits per heavy atom. The molecule has 2 atom stereocenters. The quantitative estimate of drug-likeness (QED) is 0.629. The molecule has 5 nitrogen and oxygen atoms in total. The zero-order valence-corrected chi connectivity index (χ0v) is 13.9. The van der Waals surface area contributed by atoms with Gasteiger partial charge in [-0.1, -0.05) is 23.9 Å². The van der Waals surface area contributed by atoms with Gasteiger partial charge in [0.15, 0.2) is 5.12 Å². The highest BCUT2D eigenvalue weighted by molar-refractivity contribution is 8.13. The lowest BCUT2D eigenvalue weighted by Crippen LogP contribution is -2.19. The number of benzene rings is 1. The second-order valence-corrected chi connectivity index (χ2v) is 6.40. The lowest BCUT2D eigenvalue weighted by atomic mass is 10.0. The number of aliphatic hydroxyl groups is 2. The van der Waals surface area contributed by atoms with Gasteiger partial charge >= 0.3 is 0 Å². The van der Waals surface area contributed by atoms with Gasteiger partial charge in [0, 0.05) is 30.7 Å². The summed E-state index contributed by atoms with van der Waals surface area (Å²) in [4.78, 5) is 22.2. The van der Waals surface area contributed by atoms with Crippen LogP contribution in [-0.4, -0.2) is 39.0 Å². The van der Waals surface area contributed by atoms with Crippen LogP contribution in [0.15, 0.2) is 24.3 Å². The smallest absolute Gasteiger partial charge is 0.225 e. The molecule has 0 aromatic heterocycles. The molecule has 0 saturated heterocycles. The van der Waals surface area contributed by atoms with Gasteiger partial charge in [-0.15, -0.1) is 11.6 Å². The highest BCUT2D eigenvalue weighted by Gasteiger charge is 2.18. The number of carbonyl (C=O) groups is 2. The zero-order chi connectivity index (χ0) is 16.5. The summed E-state index contributed by atoms with van der Waals surface area (Å²) in [5, 5.41) is 22.6. The Morgan fingerprint density at radius 2 is 1.91 bits per heavy atom. The predicted molar refractivity (Wildman–Crippen MR) is 89.1 cm³/mol. The van der Waals surface area contributed by atoms with Crippen molar-refractivity contribution in [2.45, 2.75) is 32.0 Å². The molecule has 0 aliphatic rings. The summed E-state index contributed by atoms with van der Waals surface area (Å²) in [6, 6.07) is 6.59. The van der Waals surface area contributed by atoms with Gasteiger partial charge in [-0.2, -0.15) is 0 Å². The topological polar surface area (TPSA) is 86.6 Å². The number of alkyl halides is 1. The lowest BCUT2D eigenvalue weighted by molar-refractivity contribution is -0.115. The number of anilines is 1. The van der Waals surface area contributed by atoms with E-state index < -0.39 is 12.2 Å².